The lowest BCUT2D eigenvalue weighted by Crippen LogP contribution is -2.20. The molecule has 4 N–H and O–H groups in total. The maximum absolute atomic E-state index is 13.5. The maximum Gasteiger partial charge on any atom is 0.326 e. The fourth-order valence-corrected chi connectivity index (χ4v) is 2.24. The Hall–Kier alpha value is -1.70. The number of hydrogen-bond donors (Lipinski definition) is 3. The summed E-state index contributed by atoms with van der Waals surface area (Å²) in [4.78, 5) is 14.7. The van der Waals surface area contributed by atoms with Gasteiger partial charge in [-0.05, 0) is 18.2 Å². The minimum Gasteiger partial charge on any atom is -0.480 e. The van der Waals surface area contributed by atoms with Crippen LogP contribution in [0.2, 0.25) is 5.02 Å². The zero-order chi connectivity index (χ0) is 14.0. The molecular formula is C11H9ClFN3O2S. The van der Waals surface area contributed by atoms with Gasteiger partial charge in [0.1, 0.15) is 11.9 Å². The average Bonchev–Trinajstić information content (AvgIpc) is 2.80. The van der Waals surface area contributed by atoms with Gasteiger partial charge >= 0.3 is 5.97 Å². The van der Waals surface area contributed by atoms with Crippen molar-refractivity contribution in [2.45, 2.75) is 6.04 Å². The molecule has 0 aliphatic carbocycles. The van der Waals surface area contributed by atoms with Gasteiger partial charge in [-0.1, -0.05) is 11.6 Å². The number of aromatic nitrogens is 1. The molecule has 2 rings (SSSR count). The molecule has 1 atom stereocenters. The molecule has 0 aliphatic heterocycles. The first-order valence-electron chi connectivity index (χ1n) is 5.13. The lowest BCUT2D eigenvalue weighted by molar-refractivity contribution is -0.138. The zero-order valence-corrected chi connectivity index (χ0v) is 11.0. The molecule has 1 aromatic heterocycles. The van der Waals surface area contributed by atoms with Gasteiger partial charge in [-0.2, -0.15) is 0 Å². The van der Waals surface area contributed by atoms with Crippen LogP contribution in [-0.2, 0) is 4.79 Å². The molecule has 0 saturated carbocycles. The van der Waals surface area contributed by atoms with Crippen molar-refractivity contribution in [2.75, 3.05) is 5.32 Å². The average molecular weight is 302 g/mol. The van der Waals surface area contributed by atoms with Crippen molar-refractivity contribution in [3.05, 3.63) is 40.1 Å². The lowest BCUT2D eigenvalue weighted by Gasteiger charge is -2.04. The third kappa shape index (κ3) is 3.19. The molecule has 1 heterocycles. The standard InChI is InChI=1S/C11H9ClFN3O2S/c12-5-1-2-7(6(13)3-5)15-11-16-8(4-19-11)9(14)10(17)18/h1-4,9H,14H2,(H,15,16)(H,17,18). The Bertz CT molecular complexity index is 620. The van der Waals surface area contributed by atoms with Crippen molar-refractivity contribution in [3.63, 3.8) is 0 Å². The smallest absolute Gasteiger partial charge is 0.326 e. The SMILES string of the molecule is NC(C(=O)O)c1csc(Nc2ccc(Cl)cc2F)n1. The summed E-state index contributed by atoms with van der Waals surface area (Å²) in [5.74, 6) is -1.69. The normalized spacial score (nSPS) is 12.2. The number of aliphatic carboxylic acids is 1. The maximum atomic E-state index is 13.5. The molecular weight excluding hydrogens is 293 g/mol. The van der Waals surface area contributed by atoms with Crippen molar-refractivity contribution >= 4 is 39.7 Å². The van der Waals surface area contributed by atoms with Crippen molar-refractivity contribution in [3.8, 4) is 0 Å². The fourth-order valence-electron chi connectivity index (χ4n) is 1.32. The number of carboxylic acid groups (broad SMARTS) is 1. The quantitative estimate of drug-likeness (QED) is 0.808. The van der Waals surface area contributed by atoms with E-state index in [1.165, 1.54) is 23.6 Å². The van der Waals surface area contributed by atoms with Crippen LogP contribution < -0.4 is 11.1 Å². The van der Waals surface area contributed by atoms with Crippen LogP contribution in [0, 0.1) is 5.82 Å². The number of carbonyl (C=O) groups is 1. The second-order valence-corrected chi connectivity index (χ2v) is 4.94. The third-order valence-electron chi connectivity index (χ3n) is 2.28. The topological polar surface area (TPSA) is 88.2 Å². The third-order valence-corrected chi connectivity index (χ3v) is 3.29. The van der Waals surface area contributed by atoms with Crippen LogP contribution in [0.25, 0.3) is 0 Å². The van der Waals surface area contributed by atoms with Crippen LogP contribution >= 0.6 is 22.9 Å². The number of nitrogens with one attached hydrogen (secondary N) is 1. The highest BCUT2D eigenvalue weighted by atomic mass is 35.5. The molecule has 0 bridgehead atoms. The minimum atomic E-state index is -1.19. The van der Waals surface area contributed by atoms with Crippen LogP contribution in [0.4, 0.5) is 15.2 Å². The summed E-state index contributed by atoms with van der Waals surface area (Å²) in [6, 6.07) is 2.98. The van der Waals surface area contributed by atoms with E-state index in [9.17, 15) is 9.18 Å². The molecule has 0 spiro atoms. The second-order valence-electron chi connectivity index (χ2n) is 3.64. The van der Waals surface area contributed by atoms with E-state index in [1.807, 2.05) is 0 Å². The molecule has 0 fully saturated rings. The van der Waals surface area contributed by atoms with E-state index in [-0.39, 0.29) is 16.4 Å². The van der Waals surface area contributed by atoms with Crippen molar-refractivity contribution in [1.82, 2.24) is 4.98 Å². The van der Waals surface area contributed by atoms with Crippen LogP contribution in [0.1, 0.15) is 11.7 Å². The summed E-state index contributed by atoms with van der Waals surface area (Å²) in [6.07, 6.45) is 0. The molecule has 0 amide bonds. The van der Waals surface area contributed by atoms with Gasteiger partial charge < -0.3 is 16.2 Å². The van der Waals surface area contributed by atoms with Crippen LogP contribution in [-0.4, -0.2) is 16.1 Å². The Morgan fingerprint density at radius 3 is 2.95 bits per heavy atom. The molecule has 8 heteroatoms. The molecule has 0 aliphatic rings. The largest absolute Gasteiger partial charge is 0.480 e. The Labute approximate surface area is 116 Å². The van der Waals surface area contributed by atoms with E-state index in [0.717, 1.165) is 11.3 Å². The number of halogens is 2. The van der Waals surface area contributed by atoms with Gasteiger partial charge in [0.2, 0.25) is 0 Å². The highest BCUT2D eigenvalue weighted by Crippen LogP contribution is 2.26. The predicted octanol–water partition coefficient (Wildman–Crippen LogP) is 2.76. The first kappa shape index (κ1) is 13.7. The molecule has 19 heavy (non-hydrogen) atoms. The Balaban J connectivity index is 2.18. The number of thiazole rings is 1. The number of nitrogens with zero attached hydrogens (tertiary/aromatic N) is 1. The Morgan fingerprint density at radius 2 is 2.32 bits per heavy atom. The summed E-state index contributed by atoms with van der Waals surface area (Å²) in [7, 11) is 0. The molecule has 5 nitrogen and oxygen atoms in total. The highest BCUT2D eigenvalue weighted by Gasteiger charge is 2.18. The predicted molar refractivity (Wildman–Crippen MR) is 71.4 cm³/mol. The van der Waals surface area contributed by atoms with Gasteiger partial charge in [0.05, 0.1) is 11.4 Å². The zero-order valence-electron chi connectivity index (χ0n) is 9.43. The molecule has 1 aromatic carbocycles. The molecule has 2 aromatic rings. The summed E-state index contributed by atoms with van der Waals surface area (Å²) < 4.78 is 13.5. The minimum absolute atomic E-state index is 0.203. The van der Waals surface area contributed by atoms with Crippen LogP contribution in [0.5, 0.6) is 0 Å². The first-order valence-corrected chi connectivity index (χ1v) is 6.39. The van der Waals surface area contributed by atoms with Gasteiger partial charge in [-0.3, -0.25) is 4.79 Å². The van der Waals surface area contributed by atoms with E-state index in [0.29, 0.717) is 5.13 Å². The van der Waals surface area contributed by atoms with Crippen molar-refractivity contribution < 1.29 is 14.3 Å². The second kappa shape index (κ2) is 5.52. The van der Waals surface area contributed by atoms with Gasteiger partial charge in [0.15, 0.2) is 5.13 Å². The fraction of sp³-hybridized carbons (Fsp3) is 0.0909. The van der Waals surface area contributed by atoms with E-state index in [2.05, 4.69) is 10.3 Å². The first-order chi connectivity index (χ1) is 8.97. The summed E-state index contributed by atoms with van der Waals surface area (Å²) in [5.41, 5.74) is 5.84. The monoisotopic (exact) mass is 301 g/mol. The van der Waals surface area contributed by atoms with Gasteiger partial charge in [0.25, 0.3) is 0 Å². The van der Waals surface area contributed by atoms with Crippen LogP contribution in [0.3, 0.4) is 0 Å². The summed E-state index contributed by atoms with van der Waals surface area (Å²) in [5, 5.41) is 13.6. The van der Waals surface area contributed by atoms with Gasteiger partial charge in [-0.25, -0.2) is 9.37 Å². The number of benzene rings is 1. The van der Waals surface area contributed by atoms with Gasteiger partial charge in [0, 0.05) is 10.4 Å². The van der Waals surface area contributed by atoms with Crippen molar-refractivity contribution in [2.24, 2.45) is 5.73 Å². The van der Waals surface area contributed by atoms with Crippen LogP contribution in [0.15, 0.2) is 23.6 Å². The number of carboxylic acids is 1. The van der Waals surface area contributed by atoms with E-state index >= 15 is 0 Å². The summed E-state index contributed by atoms with van der Waals surface area (Å²) >= 11 is 6.78. The van der Waals surface area contributed by atoms with E-state index < -0.39 is 17.8 Å². The van der Waals surface area contributed by atoms with Gasteiger partial charge in [-0.15, -0.1) is 11.3 Å². The Kier molecular flexibility index (Phi) is 3.98. The number of anilines is 2. The lowest BCUT2D eigenvalue weighted by atomic mass is 10.2. The number of rotatable bonds is 4. The molecule has 0 saturated heterocycles. The van der Waals surface area contributed by atoms with Crippen molar-refractivity contribution in [1.29, 1.82) is 0 Å². The molecule has 0 radical (unpaired) electrons. The number of hydrogen-bond acceptors (Lipinski definition) is 5. The highest BCUT2D eigenvalue weighted by molar-refractivity contribution is 7.13. The molecule has 100 valence electrons. The Morgan fingerprint density at radius 1 is 1.58 bits per heavy atom. The number of nitrogens with two attached hydrogens (primary N) is 1. The summed E-state index contributed by atoms with van der Waals surface area (Å²) in [6.45, 7) is 0. The molecule has 1 unspecified atom stereocenters. The van der Waals surface area contributed by atoms with E-state index in [4.69, 9.17) is 22.4 Å². The van der Waals surface area contributed by atoms with E-state index in [1.54, 1.807) is 0 Å².